The second kappa shape index (κ2) is 3.00. The lowest BCUT2D eigenvalue weighted by Gasteiger charge is -2.01. The largest absolute Gasteiger partial charge is 0.475 e. The first-order valence-corrected chi connectivity index (χ1v) is 3.04. The Labute approximate surface area is 59.1 Å². The first-order chi connectivity index (χ1) is 4.84. The monoisotopic (exact) mass is 139 g/mol. The molecule has 2 N–H and O–H groups in total. The third kappa shape index (κ3) is 1.34. The Bertz CT molecular complexity index is 214. The number of hydrogen-bond acceptors (Lipinski definition) is 4. The predicted octanol–water partition coefficient (Wildman–Crippen LogP) is 0.457. The van der Waals surface area contributed by atoms with Crippen molar-refractivity contribution in [3.05, 3.63) is 12.4 Å². The highest BCUT2D eigenvalue weighted by molar-refractivity contribution is 5.38. The van der Waals surface area contributed by atoms with Crippen LogP contribution in [0.1, 0.15) is 6.92 Å². The van der Waals surface area contributed by atoms with Gasteiger partial charge in [0.15, 0.2) is 5.82 Å². The summed E-state index contributed by atoms with van der Waals surface area (Å²) in [5.74, 6) is 0.745. The quantitative estimate of drug-likeness (QED) is 0.646. The minimum atomic E-state index is 0.337. The van der Waals surface area contributed by atoms with Crippen molar-refractivity contribution in [2.75, 3.05) is 12.3 Å². The van der Waals surface area contributed by atoms with Crippen LogP contribution in [-0.4, -0.2) is 16.6 Å². The molecule has 0 saturated heterocycles. The Hall–Kier alpha value is -1.32. The van der Waals surface area contributed by atoms with Gasteiger partial charge in [0.05, 0.1) is 6.61 Å². The van der Waals surface area contributed by atoms with Crippen molar-refractivity contribution in [1.29, 1.82) is 0 Å². The molecule has 0 fully saturated rings. The summed E-state index contributed by atoms with van der Waals surface area (Å²) in [4.78, 5) is 7.65. The van der Waals surface area contributed by atoms with Crippen LogP contribution in [0, 0.1) is 0 Å². The molecule has 1 aromatic heterocycles. The van der Waals surface area contributed by atoms with E-state index in [1.807, 2.05) is 6.92 Å². The zero-order chi connectivity index (χ0) is 7.40. The van der Waals surface area contributed by atoms with Gasteiger partial charge < -0.3 is 10.5 Å². The summed E-state index contributed by atoms with van der Waals surface area (Å²) in [6.45, 7) is 2.43. The van der Waals surface area contributed by atoms with Gasteiger partial charge in [0, 0.05) is 12.4 Å². The summed E-state index contributed by atoms with van der Waals surface area (Å²) in [5, 5.41) is 0. The minimum Gasteiger partial charge on any atom is -0.475 e. The summed E-state index contributed by atoms with van der Waals surface area (Å²) in [5.41, 5.74) is 5.41. The first kappa shape index (κ1) is 6.80. The second-order valence-electron chi connectivity index (χ2n) is 1.68. The van der Waals surface area contributed by atoms with Crippen LogP contribution in [0.15, 0.2) is 12.4 Å². The number of ether oxygens (including phenoxy) is 1. The van der Waals surface area contributed by atoms with E-state index in [9.17, 15) is 0 Å². The highest BCUT2D eigenvalue weighted by Gasteiger charge is 1.97. The van der Waals surface area contributed by atoms with E-state index in [2.05, 4.69) is 9.97 Å². The fraction of sp³-hybridized carbons (Fsp3) is 0.333. The summed E-state index contributed by atoms with van der Waals surface area (Å²) in [6.07, 6.45) is 3.07. The van der Waals surface area contributed by atoms with Gasteiger partial charge in [-0.2, -0.15) is 0 Å². The molecule has 1 aromatic rings. The molecule has 0 amide bonds. The number of nitrogen functional groups attached to an aromatic ring is 1. The second-order valence-corrected chi connectivity index (χ2v) is 1.68. The lowest BCUT2D eigenvalue weighted by Crippen LogP contribution is -2.00. The lowest BCUT2D eigenvalue weighted by atomic mass is 10.6. The highest BCUT2D eigenvalue weighted by Crippen LogP contribution is 2.11. The first-order valence-electron chi connectivity index (χ1n) is 3.04. The van der Waals surface area contributed by atoms with Crippen molar-refractivity contribution < 1.29 is 4.74 Å². The average molecular weight is 139 g/mol. The van der Waals surface area contributed by atoms with Crippen molar-refractivity contribution in [1.82, 2.24) is 9.97 Å². The van der Waals surface area contributed by atoms with Gasteiger partial charge in [-0.05, 0) is 6.92 Å². The molecule has 0 atom stereocenters. The molecule has 0 radical (unpaired) electrons. The predicted molar refractivity (Wildman–Crippen MR) is 37.6 cm³/mol. The van der Waals surface area contributed by atoms with Gasteiger partial charge in [-0.3, -0.25) is 0 Å². The van der Waals surface area contributed by atoms with Gasteiger partial charge in [-0.25, -0.2) is 9.97 Å². The topological polar surface area (TPSA) is 61.0 Å². The Morgan fingerprint density at radius 3 is 2.80 bits per heavy atom. The summed E-state index contributed by atoms with van der Waals surface area (Å²) in [7, 11) is 0. The van der Waals surface area contributed by atoms with Crippen molar-refractivity contribution in [2.45, 2.75) is 6.92 Å². The average Bonchev–Trinajstić information content (AvgIpc) is 1.94. The molecule has 0 aromatic carbocycles. The smallest absolute Gasteiger partial charge is 0.257 e. The molecule has 1 heterocycles. The van der Waals surface area contributed by atoms with E-state index in [1.54, 1.807) is 6.20 Å². The molecular weight excluding hydrogens is 130 g/mol. The van der Waals surface area contributed by atoms with E-state index in [0.29, 0.717) is 18.3 Å². The van der Waals surface area contributed by atoms with Gasteiger partial charge in [0.25, 0.3) is 5.88 Å². The molecule has 4 nitrogen and oxygen atoms in total. The molecule has 1 rings (SSSR count). The standard InChI is InChI=1S/C6H9N3O/c1-2-10-6-5(7)8-3-4-9-6/h3-4H,2H2,1H3,(H2,7,8). The molecule has 0 aliphatic rings. The Morgan fingerprint density at radius 1 is 1.50 bits per heavy atom. The fourth-order valence-corrected chi connectivity index (χ4v) is 0.584. The van der Waals surface area contributed by atoms with E-state index in [1.165, 1.54) is 6.20 Å². The number of rotatable bonds is 2. The van der Waals surface area contributed by atoms with Crippen LogP contribution < -0.4 is 10.5 Å². The van der Waals surface area contributed by atoms with E-state index in [-0.39, 0.29) is 0 Å². The maximum Gasteiger partial charge on any atom is 0.257 e. The van der Waals surface area contributed by atoms with Crippen LogP contribution in [-0.2, 0) is 0 Å². The van der Waals surface area contributed by atoms with Gasteiger partial charge in [-0.15, -0.1) is 0 Å². The number of aromatic nitrogens is 2. The van der Waals surface area contributed by atoms with Gasteiger partial charge in [0.1, 0.15) is 0 Å². The van der Waals surface area contributed by atoms with Crippen LogP contribution in [0.3, 0.4) is 0 Å². The summed E-state index contributed by atoms with van der Waals surface area (Å²) >= 11 is 0. The van der Waals surface area contributed by atoms with Gasteiger partial charge in [-0.1, -0.05) is 0 Å². The molecule has 0 aliphatic heterocycles. The van der Waals surface area contributed by atoms with E-state index in [0.717, 1.165) is 0 Å². The zero-order valence-corrected chi connectivity index (χ0v) is 5.74. The van der Waals surface area contributed by atoms with Crippen molar-refractivity contribution in [3.8, 4) is 5.88 Å². The molecule has 0 spiro atoms. The number of nitrogens with zero attached hydrogens (tertiary/aromatic N) is 2. The lowest BCUT2D eigenvalue weighted by molar-refractivity contribution is 0.327. The van der Waals surface area contributed by atoms with Gasteiger partial charge in [0.2, 0.25) is 0 Å². The number of anilines is 1. The molecular formula is C6H9N3O. The Kier molecular flexibility index (Phi) is 2.04. The molecule has 4 heteroatoms. The van der Waals surface area contributed by atoms with Crippen LogP contribution in [0.4, 0.5) is 5.82 Å². The van der Waals surface area contributed by atoms with E-state index >= 15 is 0 Å². The molecule has 0 bridgehead atoms. The third-order valence-corrected chi connectivity index (χ3v) is 0.972. The SMILES string of the molecule is CCOc1nccnc1N. The highest BCUT2D eigenvalue weighted by atomic mass is 16.5. The maximum absolute atomic E-state index is 5.41. The summed E-state index contributed by atoms with van der Waals surface area (Å²) in [6, 6.07) is 0. The zero-order valence-electron chi connectivity index (χ0n) is 5.74. The van der Waals surface area contributed by atoms with Gasteiger partial charge >= 0.3 is 0 Å². The summed E-state index contributed by atoms with van der Waals surface area (Å²) < 4.78 is 5.04. The maximum atomic E-state index is 5.41. The van der Waals surface area contributed by atoms with E-state index < -0.39 is 0 Å². The number of nitrogens with two attached hydrogens (primary N) is 1. The van der Waals surface area contributed by atoms with Crippen molar-refractivity contribution >= 4 is 5.82 Å². The molecule has 0 saturated carbocycles. The van der Waals surface area contributed by atoms with Crippen LogP contribution in [0.5, 0.6) is 5.88 Å². The van der Waals surface area contributed by atoms with Crippen LogP contribution in [0.2, 0.25) is 0 Å². The van der Waals surface area contributed by atoms with Crippen molar-refractivity contribution in [2.24, 2.45) is 0 Å². The Balaban J connectivity index is 2.81. The normalized spacial score (nSPS) is 9.30. The number of hydrogen-bond donors (Lipinski definition) is 1. The Morgan fingerprint density at radius 2 is 2.20 bits per heavy atom. The van der Waals surface area contributed by atoms with E-state index in [4.69, 9.17) is 10.5 Å². The fourth-order valence-electron chi connectivity index (χ4n) is 0.584. The third-order valence-electron chi connectivity index (χ3n) is 0.972. The molecule has 0 aliphatic carbocycles. The van der Waals surface area contributed by atoms with Crippen LogP contribution in [0.25, 0.3) is 0 Å². The molecule has 10 heavy (non-hydrogen) atoms. The minimum absolute atomic E-state index is 0.337. The van der Waals surface area contributed by atoms with Crippen molar-refractivity contribution in [3.63, 3.8) is 0 Å². The molecule has 0 unspecified atom stereocenters. The van der Waals surface area contributed by atoms with Crippen LogP contribution >= 0.6 is 0 Å². The molecule has 54 valence electrons.